The molecule has 0 saturated carbocycles. The summed E-state index contributed by atoms with van der Waals surface area (Å²) in [7, 11) is 0. The van der Waals surface area contributed by atoms with Crippen molar-refractivity contribution < 1.29 is 14.7 Å². The lowest BCUT2D eigenvalue weighted by Gasteiger charge is -2.13. The first kappa shape index (κ1) is 15.5. The number of carbonyl (C=O) groups is 2. The van der Waals surface area contributed by atoms with E-state index in [1.165, 1.54) is 6.92 Å². The summed E-state index contributed by atoms with van der Waals surface area (Å²) in [5.41, 5.74) is 0.522. The molecule has 98 valence electrons. The molecule has 3 N–H and O–H groups in total. The predicted octanol–water partition coefficient (Wildman–Crippen LogP) is 3.57. The molecule has 0 aromatic heterocycles. The average Bonchev–Trinajstić information content (AvgIpc) is 2.23. The third kappa shape index (κ3) is 4.25. The predicted molar refractivity (Wildman–Crippen MR) is 78.8 cm³/mol. The summed E-state index contributed by atoms with van der Waals surface area (Å²) in [6, 6.07) is 1.98. The maximum Gasteiger partial charge on any atom is 0.325 e. The Morgan fingerprint density at radius 3 is 2.17 bits per heavy atom. The second-order valence-electron chi connectivity index (χ2n) is 3.40. The van der Waals surface area contributed by atoms with Crippen LogP contribution in [0.4, 0.5) is 10.5 Å². The van der Waals surface area contributed by atoms with Crippen molar-refractivity contribution in [1.82, 2.24) is 5.32 Å². The Morgan fingerprint density at radius 2 is 1.72 bits per heavy atom. The van der Waals surface area contributed by atoms with Crippen LogP contribution in [0.2, 0.25) is 0 Å². The van der Waals surface area contributed by atoms with Gasteiger partial charge in [-0.15, -0.1) is 0 Å². The smallest absolute Gasteiger partial charge is 0.325 e. The van der Waals surface area contributed by atoms with Crippen LogP contribution in [-0.4, -0.2) is 23.1 Å². The summed E-state index contributed by atoms with van der Waals surface area (Å²) in [6.45, 7) is 1.38. The van der Waals surface area contributed by atoms with E-state index in [2.05, 4.69) is 58.4 Å². The van der Waals surface area contributed by atoms with E-state index in [0.29, 0.717) is 14.6 Å². The first-order valence-corrected chi connectivity index (χ1v) is 7.14. The van der Waals surface area contributed by atoms with Crippen LogP contribution in [0.15, 0.2) is 25.6 Å². The highest BCUT2D eigenvalue weighted by Crippen LogP contribution is 2.34. The molecule has 1 atom stereocenters. The number of nitrogens with one attached hydrogen (secondary N) is 2. The minimum Gasteiger partial charge on any atom is -0.480 e. The minimum atomic E-state index is -1.10. The van der Waals surface area contributed by atoms with Gasteiger partial charge >= 0.3 is 12.0 Å². The Balaban J connectivity index is 2.80. The molecule has 18 heavy (non-hydrogen) atoms. The molecule has 0 spiro atoms. The molecule has 0 fully saturated rings. The molecule has 0 aliphatic rings. The van der Waals surface area contributed by atoms with E-state index in [-0.39, 0.29) is 0 Å². The van der Waals surface area contributed by atoms with E-state index in [9.17, 15) is 9.59 Å². The van der Waals surface area contributed by atoms with Gasteiger partial charge in [0.2, 0.25) is 0 Å². The first-order chi connectivity index (χ1) is 8.31. The normalized spacial score (nSPS) is 11.8. The van der Waals surface area contributed by atoms with Crippen LogP contribution in [0, 0.1) is 0 Å². The summed E-state index contributed by atoms with van der Waals surface area (Å²) in [5, 5.41) is 13.5. The lowest BCUT2D eigenvalue weighted by atomic mass is 10.3. The van der Waals surface area contributed by atoms with Gasteiger partial charge in [0.25, 0.3) is 0 Å². The molecule has 0 saturated heterocycles. The van der Waals surface area contributed by atoms with Crippen molar-refractivity contribution in [3.63, 3.8) is 0 Å². The standard InChI is InChI=1S/C10H9Br3N2O3/c1-4(9(16)17)14-10(18)15-8-6(12)2-5(11)3-7(8)13/h2-4H,1H3,(H,16,17)(H2,14,15,18)/t4-/m0/s1. The topological polar surface area (TPSA) is 78.4 Å². The van der Waals surface area contributed by atoms with E-state index in [4.69, 9.17) is 5.11 Å². The van der Waals surface area contributed by atoms with Crippen molar-refractivity contribution in [3.8, 4) is 0 Å². The molecule has 1 aromatic rings. The summed E-state index contributed by atoms with van der Waals surface area (Å²) in [4.78, 5) is 22.2. The van der Waals surface area contributed by atoms with Crippen molar-refractivity contribution in [2.75, 3.05) is 5.32 Å². The van der Waals surface area contributed by atoms with Crippen LogP contribution in [0.3, 0.4) is 0 Å². The molecule has 1 aromatic carbocycles. The van der Waals surface area contributed by atoms with Crippen molar-refractivity contribution in [1.29, 1.82) is 0 Å². The van der Waals surface area contributed by atoms with Crippen LogP contribution >= 0.6 is 47.8 Å². The molecular formula is C10H9Br3N2O3. The van der Waals surface area contributed by atoms with Crippen LogP contribution < -0.4 is 10.6 Å². The first-order valence-electron chi connectivity index (χ1n) is 4.76. The number of aliphatic carboxylic acids is 1. The number of halogens is 3. The van der Waals surface area contributed by atoms with Gasteiger partial charge in [-0.05, 0) is 50.9 Å². The number of hydrogen-bond donors (Lipinski definition) is 3. The van der Waals surface area contributed by atoms with Gasteiger partial charge in [0.15, 0.2) is 0 Å². The average molecular weight is 445 g/mol. The van der Waals surface area contributed by atoms with Crippen molar-refractivity contribution in [2.24, 2.45) is 0 Å². The van der Waals surface area contributed by atoms with Crippen LogP contribution in [0.1, 0.15) is 6.92 Å². The van der Waals surface area contributed by atoms with Crippen molar-refractivity contribution in [3.05, 3.63) is 25.6 Å². The quantitative estimate of drug-likeness (QED) is 0.667. The zero-order valence-electron chi connectivity index (χ0n) is 9.13. The molecule has 0 heterocycles. The van der Waals surface area contributed by atoms with Gasteiger partial charge in [0.1, 0.15) is 6.04 Å². The molecule has 0 aliphatic carbocycles. The molecular weight excluding hydrogens is 436 g/mol. The maximum absolute atomic E-state index is 11.6. The van der Waals surface area contributed by atoms with Crippen LogP contribution in [0.5, 0.6) is 0 Å². The number of urea groups is 1. The SMILES string of the molecule is C[C@H](NC(=O)Nc1c(Br)cc(Br)cc1Br)C(=O)O. The number of carboxylic acid groups (broad SMARTS) is 1. The summed E-state index contributed by atoms with van der Waals surface area (Å²) < 4.78 is 2.18. The highest BCUT2D eigenvalue weighted by molar-refractivity contribution is 9.11. The van der Waals surface area contributed by atoms with Gasteiger partial charge < -0.3 is 15.7 Å². The monoisotopic (exact) mass is 442 g/mol. The lowest BCUT2D eigenvalue weighted by molar-refractivity contribution is -0.138. The van der Waals surface area contributed by atoms with E-state index in [1.54, 1.807) is 12.1 Å². The number of rotatable bonds is 3. The Labute approximate surface area is 129 Å². The molecule has 1 rings (SSSR count). The Kier molecular flexibility index (Phi) is 5.61. The summed E-state index contributed by atoms with van der Waals surface area (Å²) in [5.74, 6) is -1.10. The minimum absolute atomic E-state index is 0.522. The van der Waals surface area contributed by atoms with Crippen LogP contribution in [0.25, 0.3) is 0 Å². The van der Waals surface area contributed by atoms with Crippen LogP contribution in [-0.2, 0) is 4.79 Å². The second-order valence-corrected chi connectivity index (χ2v) is 6.03. The molecule has 0 unspecified atom stereocenters. The van der Waals surface area contributed by atoms with Gasteiger partial charge in [0.05, 0.1) is 5.69 Å². The van der Waals surface area contributed by atoms with Gasteiger partial charge in [-0.2, -0.15) is 0 Å². The van der Waals surface area contributed by atoms with E-state index < -0.39 is 18.0 Å². The third-order valence-electron chi connectivity index (χ3n) is 1.96. The molecule has 0 radical (unpaired) electrons. The number of amides is 2. The molecule has 2 amide bonds. The van der Waals surface area contributed by atoms with E-state index in [1.807, 2.05) is 0 Å². The number of carbonyl (C=O) groups excluding carboxylic acids is 1. The van der Waals surface area contributed by atoms with E-state index in [0.717, 1.165) is 4.47 Å². The third-order valence-corrected chi connectivity index (χ3v) is 3.67. The fourth-order valence-electron chi connectivity index (χ4n) is 1.07. The highest BCUT2D eigenvalue weighted by atomic mass is 79.9. The van der Waals surface area contributed by atoms with E-state index >= 15 is 0 Å². The Morgan fingerprint density at radius 1 is 1.22 bits per heavy atom. The molecule has 0 aliphatic heterocycles. The lowest BCUT2D eigenvalue weighted by Crippen LogP contribution is -2.40. The number of carboxylic acids is 1. The van der Waals surface area contributed by atoms with Gasteiger partial charge in [-0.25, -0.2) is 4.79 Å². The summed E-state index contributed by atoms with van der Waals surface area (Å²) in [6.07, 6.45) is 0. The summed E-state index contributed by atoms with van der Waals surface area (Å²) >= 11 is 9.91. The molecule has 5 nitrogen and oxygen atoms in total. The van der Waals surface area contributed by atoms with Gasteiger partial charge in [-0.3, -0.25) is 4.79 Å². The van der Waals surface area contributed by atoms with Crippen molar-refractivity contribution >= 4 is 65.5 Å². The molecule has 8 heteroatoms. The fourth-order valence-corrected chi connectivity index (χ4v) is 3.53. The Bertz CT molecular complexity index is 470. The maximum atomic E-state index is 11.6. The van der Waals surface area contributed by atoms with Crippen molar-refractivity contribution in [2.45, 2.75) is 13.0 Å². The highest BCUT2D eigenvalue weighted by Gasteiger charge is 2.16. The zero-order valence-corrected chi connectivity index (χ0v) is 13.9. The van der Waals surface area contributed by atoms with Gasteiger partial charge in [-0.1, -0.05) is 15.9 Å². The fraction of sp³-hybridized carbons (Fsp3) is 0.200. The largest absolute Gasteiger partial charge is 0.480 e. The number of anilines is 1. The number of benzene rings is 1. The van der Waals surface area contributed by atoms with Gasteiger partial charge in [0, 0.05) is 13.4 Å². The zero-order chi connectivity index (χ0) is 13.9. The Hall–Kier alpha value is -0.600. The second kappa shape index (κ2) is 6.53. The number of hydrogen-bond acceptors (Lipinski definition) is 2. The molecule has 0 bridgehead atoms.